The number of fused-ring (bicyclic) bond motifs is 1. The number of carbonyl (C=O) groups excluding carboxylic acids is 1. The lowest BCUT2D eigenvalue weighted by atomic mass is 9.64. The third-order valence-electron chi connectivity index (χ3n) is 4.59. The summed E-state index contributed by atoms with van der Waals surface area (Å²) in [5.74, 6) is -0.00997. The van der Waals surface area contributed by atoms with Gasteiger partial charge in [0.15, 0.2) is 0 Å². The Bertz CT molecular complexity index is 719. The van der Waals surface area contributed by atoms with Crippen LogP contribution >= 0.6 is 0 Å². The van der Waals surface area contributed by atoms with Crippen LogP contribution in [0.4, 0.5) is 9.18 Å². The van der Waals surface area contributed by atoms with E-state index in [0.717, 1.165) is 13.1 Å². The second-order valence-electron chi connectivity index (χ2n) is 6.05. The third kappa shape index (κ3) is 2.04. The predicted octanol–water partition coefficient (Wildman–Crippen LogP) is 3.36. The van der Waals surface area contributed by atoms with Crippen LogP contribution in [0.15, 0.2) is 30.5 Å². The summed E-state index contributed by atoms with van der Waals surface area (Å²) in [7, 11) is 0. The molecule has 1 spiro atoms. The van der Waals surface area contributed by atoms with Crippen LogP contribution in [-0.2, 0) is 0 Å². The topological polar surface area (TPSA) is 42.4 Å². The number of rotatable bonds is 1. The van der Waals surface area contributed by atoms with E-state index in [1.807, 2.05) is 0 Å². The number of aromatic nitrogens is 1. The van der Waals surface area contributed by atoms with Crippen LogP contribution in [0.1, 0.15) is 19.3 Å². The average molecular weight is 286 g/mol. The first-order valence-electron chi connectivity index (χ1n) is 7.16. The van der Waals surface area contributed by atoms with E-state index in [0.29, 0.717) is 22.1 Å². The Labute approximate surface area is 121 Å². The summed E-state index contributed by atoms with van der Waals surface area (Å²) in [6.45, 7) is 1.56. The van der Waals surface area contributed by atoms with Crippen molar-refractivity contribution < 1.29 is 13.9 Å². The number of halogens is 1. The fraction of sp³-hybridized carbons (Fsp3) is 0.375. The van der Waals surface area contributed by atoms with Gasteiger partial charge >= 0.3 is 6.09 Å². The molecule has 1 amide bonds. The number of benzene rings is 1. The van der Waals surface area contributed by atoms with Gasteiger partial charge < -0.3 is 9.64 Å². The Morgan fingerprint density at radius 3 is 2.81 bits per heavy atom. The zero-order chi connectivity index (χ0) is 14.4. The summed E-state index contributed by atoms with van der Waals surface area (Å²) in [5, 5.41) is 0.518. The van der Waals surface area contributed by atoms with Crippen molar-refractivity contribution in [3.05, 3.63) is 36.3 Å². The Balaban J connectivity index is 1.54. The number of amides is 1. The highest BCUT2D eigenvalue weighted by Crippen LogP contribution is 2.48. The van der Waals surface area contributed by atoms with Gasteiger partial charge in [0.05, 0.1) is 5.52 Å². The molecular formula is C16H15FN2O2. The van der Waals surface area contributed by atoms with Gasteiger partial charge in [-0.1, -0.05) is 6.42 Å². The van der Waals surface area contributed by atoms with Crippen molar-refractivity contribution in [2.24, 2.45) is 5.41 Å². The molecule has 1 saturated heterocycles. The SMILES string of the molecule is O=C(Oc1ccnc2ccc(F)cc12)N1CC2(CCC2)C1. The van der Waals surface area contributed by atoms with Crippen molar-refractivity contribution in [2.45, 2.75) is 19.3 Å². The lowest BCUT2D eigenvalue weighted by Crippen LogP contribution is -2.61. The molecule has 21 heavy (non-hydrogen) atoms. The molecule has 2 aliphatic rings. The molecule has 1 saturated carbocycles. The number of carbonyl (C=O) groups is 1. The standard InChI is InChI=1S/C16H15FN2O2/c17-11-2-3-13-12(8-11)14(4-7-18-13)21-15(20)19-9-16(10-19)5-1-6-16/h2-4,7-8H,1,5-6,9-10H2. The summed E-state index contributed by atoms with van der Waals surface area (Å²) in [5.41, 5.74) is 0.978. The third-order valence-corrected chi connectivity index (χ3v) is 4.59. The highest BCUT2D eigenvalue weighted by Gasteiger charge is 2.49. The van der Waals surface area contributed by atoms with Crippen molar-refractivity contribution in [1.29, 1.82) is 0 Å². The molecule has 0 radical (unpaired) electrons. The summed E-state index contributed by atoms with van der Waals surface area (Å²) >= 11 is 0. The molecule has 4 nitrogen and oxygen atoms in total. The van der Waals surface area contributed by atoms with Gasteiger partial charge in [0.2, 0.25) is 0 Å². The molecule has 1 aromatic carbocycles. The number of ether oxygens (including phenoxy) is 1. The smallest absolute Gasteiger partial charge is 0.409 e. The molecule has 5 heteroatoms. The van der Waals surface area contributed by atoms with E-state index in [9.17, 15) is 9.18 Å². The average Bonchev–Trinajstić information content (AvgIpc) is 2.36. The van der Waals surface area contributed by atoms with Crippen LogP contribution in [0.5, 0.6) is 5.75 Å². The van der Waals surface area contributed by atoms with Gasteiger partial charge in [-0.25, -0.2) is 9.18 Å². The Kier molecular flexibility index (Phi) is 2.64. The highest BCUT2D eigenvalue weighted by atomic mass is 19.1. The first kappa shape index (κ1) is 12.6. The molecule has 1 aliphatic carbocycles. The Morgan fingerprint density at radius 1 is 1.29 bits per heavy atom. The summed E-state index contributed by atoms with van der Waals surface area (Å²) < 4.78 is 18.8. The first-order chi connectivity index (χ1) is 10.2. The highest BCUT2D eigenvalue weighted by molar-refractivity contribution is 5.87. The molecule has 0 bridgehead atoms. The van der Waals surface area contributed by atoms with Crippen molar-refractivity contribution in [2.75, 3.05) is 13.1 Å². The number of nitrogens with zero attached hydrogens (tertiary/aromatic N) is 2. The van der Waals surface area contributed by atoms with Crippen LogP contribution < -0.4 is 4.74 Å². The minimum absolute atomic E-state index is 0.357. The largest absolute Gasteiger partial charge is 0.415 e. The first-order valence-corrected chi connectivity index (χ1v) is 7.16. The fourth-order valence-electron chi connectivity index (χ4n) is 3.23. The summed E-state index contributed by atoms with van der Waals surface area (Å²) in [6, 6.07) is 5.86. The summed E-state index contributed by atoms with van der Waals surface area (Å²) in [6.07, 6.45) is 4.88. The van der Waals surface area contributed by atoms with Gasteiger partial charge in [0.1, 0.15) is 11.6 Å². The molecule has 2 aromatic rings. The van der Waals surface area contributed by atoms with Crippen LogP contribution in [0.2, 0.25) is 0 Å². The van der Waals surface area contributed by atoms with Gasteiger partial charge in [0.25, 0.3) is 0 Å². The van der Waals surface area contributed by atoms with Gasteiger partial charge in [-0.3, -0.25) is 4.98 Å². The summed E-state index contributed by atoms with van der Waals surface area (Å²) in [4.78, 5) is 18.0. The molecule has 0 atom stereocenters. The van der Waals surface area contributed by atoms with Crippen molar-refractivity contribution in [1.82, 2.24) is 9.88 Å². The second-order valence-corrected chi connectivity index (χ2v) is 6.05. The second kappa shape index (κ2) is 4.41. The number of hydrogen-bond acceptors (Lipinski definition) is 3. The van der Waals surface area contributed by atoms with Crippen LogP contribution in [0, 0.1) is 11.2 Å². The van der Waals surface area contributed by atoms with E-state index in [4.69, 9.17) is 4.74 Å². The molecule has 4 rings (SSSR count). The van der Waals surface area contributed by atoms with E-state index < -0.39 is 0 Å². The zero-order valence-corrected chi connectivity index (χ0v) is 11.5. The maximum atomic E-state index is 13.4. The van der Waals surface area contributed by atoms with Crippen LogP contribution in [0.3, 0.4) is 0 Å². The molecule has 0 unspecified atom stereocenters. The number of pyridine rings is 1. The number of likely N-dealkylation sites (tertiary alicyclic amines) is 1. The molecule has 0 N–H and O–H groups in total. The normalized spacial score (nSPS) is 19.2. The Hall–Kier alpha value is -2.17. The minimum Gasteiger partial charge on any atom is -0.409 e. The van der Waals surface area contributed by atoms with E-state index in [1.54, 1.807) is 23.2 Å². The minimum atomic E-state index is -0.370. The van der Waals surface area contributed by atoms with Gasteiger partial charge in [-0.15, -0.1) is 0 Å². The van der Waals surface area contributed by atoms with E-state index in [-0.39, 0.29) is 11.9 Å². The molecule has 1 aromatic heterocycles. The molecule has 1 aliphatic heterocycles. The monoisotopic (exact) mass is 286 g/mol. The predicted molar refractivity (Wildman–Crippen MR) is 75.6 cm³/mol. The quantitative estimate of drug-likeness (QED) is 0.807. The maximum absolute atomic E-state index is 13.4. The number of hydrogen-bond donors (Lipinski definition) is 0. The van der Waals surface area contributed by atoms with Crippen molar-refractivity contribution in [3.63, 3.8) is 0 Å². The lowest BCUT2D eigenvalue weighted by Gasteiger charge is -2.55. The van der Waals surface area contributed by atoms with Crippen LogP contribution in [0.25, 0.3) is 10.9 Å². The maximum Gasteiger partial charge on any atom is 0.415 e. The van der Waals surface area contributed by atoms with Gasteiger partial charge in [-0.05, 0) is 37.1 Å². The van der Waals surface area contributed by atoms with E-state index >= 15 is 0 Å². The fourth-order valence-corrected chi connectivity index (χ4v) is 3.23. The van der Waals surface area contributed by atoms with Crippen molar-refractivity contribution >= 4 is 17.0 Å². The van der Waals surface area contributed by atoms with E-state index in [2.05, 4.69) is 4.98 Å². The van der Waals surface area contributed by atoms with Crippen LogP contribution in [-0.4, -0.2) is 29.1 Å². The van der Waals surface area contributed by atoms with Gasteiger partial charge in [0, 0.05) is 30.1 Å². The molecule has 2 fully saturated rings. The molecule has 108 valence electrons. The molecule has 2 heterocycles. The molecular weight excluding hydrogens is 271 g/mol. The van der Waals surface area contributed by atoms with E-state index in [1.165, 1.54) is 31.4 Å². The Morgan fingerprint density at radius 2 is 2.10 bits per heavy atom. The van der Waals surface area contributed by atoms with Gasteiger partial charge in [-0.2, -0.15) is 0 Å². The van der Waals surface area contributed by atoms with Crippen molar-refractivity contribution in [3.8, 4) is 5.75 Å². The zero-order valence-electron chi connectivity index (χ0n) is 11.5. The lowest BCUT2D eigenvalue weighted by molar-refractivity contribution is -0.0427.